The van der Waals surface area contributed by atoms with Crippen LogP contribution in [0.3, 0.4) is 0 Å². The molecule has 32 heavy (non-hydrogen) atoms. The van der Waals surface area contributed by atoms with Crippen LogP contribution in [0, 0.1) is 0 Å². The van der Waals surface area contributed by atoms with E-state index in [-0.39, 0.29) is 18.2 Å². The van der Waals surface area contributed by atoms with Gasteiger partial charge in [-0.25, -0.2) is 19.7 Å². The molecule has 0 bridgehead atoms. The van der Waals surface area contributed by atoms with Gasteiger partial charge in [0.15, 0.2) is 11.5 Å². The van der Waals surface area contributed by atoms with Crippen molar-refractivity contribution in [1.29, 1.82) is 0 Å². The molecule has 3 aromatic rings. The molecule has 1 aliphatic heterocycles. The van der Waals surface area contributed by atoms with Crippen molar-refractivity contribution in [3.63, 3.8) is 0 Å². The molecule has 1 amide bonds. The average Bonchev–Trinajstić information content (AvgIpc) is 2.79. The van der Waals surface area contributed by atoms with E-state index in [1.807, 2.05) is 4.90 Å². The minimum atomic E-state index is -0.575. The Balaban J connectivity index is 1.60. The first kappa shape index (κ1) is 22.5. The zero-order valence-corrected chi connectivity index (χ0v) is 19.3. The maximum absolute atomic E-state index is 12.8. The number of hydrogen-bond acceptors (Lipinski definition) is 7. The number of piperazine rings is 1. The molecule has 3 heterocycles. The number of rotatable bonds is 4. The molecule has 2 aromatic heterocycles. The van der Waals surface area contributed by atoms with E-state index in [9.17, 15) is 9.59 Å². The first-order valence-electron chi connectivity index (χ1n) is 9.87. The Morgan fingerprint density at radius 3 is 2.25 bits per heavy atom. The number of anilines is 1. The number of halogens is 3. The lowest BCUT2D eigenvalue weighted by molar-refractivity contribution is 0.0519. The molecule has 0 N–H and O–H groups in total. The monoisotopic (exact) mass is 493 g/mol. The second-order valence-corrected chi connectivity index (χ2v) is 8.22. The smallest absolute Gasteiger partial charge is 0.360 e. The van der Waals surface area contributed by atoms with Gasteiger partial charge in [-0.05, 0) is 31.2 Å². The predicted octanol–water partition coefficient (Wildman–Crippen LogP) is 4.12. The van der Waals surface area contributed by atoms with Crippen LogP contribution in [-0.4, -0.2) is 64.5 Å². The Bertz CT molecular complexity index is 1180. The second kappa shape index (κ2) is 9.44. The van der Waals surface area contributed by atoms with E-state index in [4.69, 9.17) is 39.5 Å². The molecule has 4 rings (SSSR count). The molecule has 1 aromatic carbocycles. The number of carbonyl (C=O) groups is 2. The van der Waals surface area contributed by atoms with Crippen molar-refractivity contribution in [2.45, 2.75) is 6.92 Å². The number of ether oxygens (including phenoxy) is 1. The van der Waals surface area contributed by atoms with Gasteiger partial charge in [-0.15, -0.1) is 0 Å². The highest BCUT2D eigenvalue weighted by molar-refractivity contribution is 6.42. The maximum atomic E-state index is 12.8. The minimum Gasteiger partial charge on any atom is -0.461 e. The van der Waals surface area contributed by atoms with Gasteiger partial charge in [0.2, 0.25) is 0 Å². The van der Waals surface area contributed by atoms with Gasteiger partial charge in [-0.3, -0.25) is 4.79 Å². The summed E-state index contributed by atoms with van der Waals surface area (Å²) >= 11 is 18.0. The summed E-state index contributed by atoms with van der Waals surface area (Å²) in [6, 6.07) is 6.40. The molecule has 8 nitrogen and oxygen atoms in total. The van der Waals surface area contributed by atoms with Crippen LogP contribution < -0.4 is 4.90 Å². The molecular formula is C21H18Cl3N5O3. The van der Waals surface area contributed by atoms with Crippen LogP contribution in [0.4, 0.5) is 5.82 Å². The van der Waals surface area contributed by atoms with Crippen molar-refractivity contribution >= 4 is 63.5 Å². The van der Waals surface area contributed by atoms with Crippen molar-refractivity contribution in [1.82, 2.24) is 19.9 Å². The molecule has 0 radical (unpaired) electrons. The van der Waals surface area contributed by atoms with Crippen LogP contribution in [-0.2, 0) is 4.74 Å². The largest absolute Gasteiger partial charge is 0.461 e. The lowest BCUT2D eigenvalue weighted by Gasteiger charge is -2.35. The fourth-order valence-electron chi connectivity index (χ4n) is 3.41. The first-order valence-corrected chi connectivity index (χ1v) is 11.0. The van der Waals surface area contributed by atoms with E-state index in [2.05, 4.69) is 15.0 Å². The number of carbonyl (C=O) groups excluding carboxylic acids is 2. The summed E-state index contributed by atoms with van der Waals surface area (Å²) in [7, 11) is 0. The van der Waals surface area contributed by atoms with Gasteiger partial charge in [-0.2, -0.15) is 0 Å². The summed E-state index contributed by atoms with van der Waals surface area (Å²) in [6.45, 7) is 3.71. The Labute approximate surface area is 199 Å². The molecule has 166 valence electrons. The number of amides is 1. The third-order valence-corrected chi connectivity index (χ3v) is 5.94. The van der Waals surface area contributed by atoms with Gasteiger partial charge in [0.25, 0.3) is 5.91 Å². The summed E-state index contributed by atoms with van der Waals surface area (Å²) < 4.78 is 5.18. The number of aromatic nitrogens is 3. The summed E-state index contributed by atoms with van der Waals surface area (Å²) in [6.07, 6.45) is 1.46. The summed E-state index contributed by atoms with van der Waals surface area (Å²) in [5, 5.41) is 0.990. The van der Waals surface area contributed by atoms with Crippen LogP contribution in [0.1, 0.15) is 27.8 Å². The molecular weight excluding hydrogens is 477 g/mol. The highest BCUT2D eigenvalue weighted by Crippen LogP contribution is 2.29. The van der Waals surface area contributed by atoms with Gasteiger partial charge in [0.05, 0.1) is 33.2 Å². The van der Waals surface area contributed by atoms with Crippen LogP contribution in [0.25, 0.3) is 11.0 Å². The zero-order valence-electron chi connectivity index (χ0n) is 17.0. The van der Waals surface area contributed by atoms with Crippen LogP contribution in [0.5, 0.6) is 0 Å². The van der Waals surface area contributed by atoms with E-state index in [0.29, 0.717) is 63.8 Å². The fourth-order valence-corrected chi connectivity index (χ4v) is 3.83. The van der Waals surface area contributed by atoms with E-state index in [1.165, 1.54) is 6.20 Å². The second-order valence-electron chi connectivity index (χ2n) is 7.02. The van der Waals surface area contributed by atoms with E-state index < -0.39 is 5.97 Å². The standard InChI is InChI=1S/C21H18Cl3N5O3/c1-2-32-21(31)18-19(27-16-10-14(23)13(22)9-15(16)26-18)28-5-7-29(8-6-28)20(30)12-3-4-17(24)25-11-12/h3-4,9-11H,2,5-8H2,1H3. The normalized spacial score (nSPS) is 14.0. The van der Waals surface area contributed by atoms with Crippen molar-refractivity contribution in [3.05, 3.63) is 56.9 Å². The Hall–Kier alpha value is -2.68. The number of benzene rings is 1. The molecule has 1 fully saturated rings. The van der Waals surface area contributed by atoms with Crippen molar-refractivity contribution in [2.24, 2.45) is 0 Å². The maximum Gasteiger partial charge on any atom is 0.360 e. The van der Waals surface area contributed by atoms with Gasteiger partial charge < -0.3 is 14.5 Å². The van der Waals surface area contributed by atoms with Crippen LogP contribution in [0.15, 0.2) is 30.5 Å². The Morgan fingerprint density at radius 1 is 1.00 bits per heavy atom. The van der Waals surface area contributed by atoms with Gasteiger partial charge >= 0.3 is 5.97 Å². The van der Waals surface area contributed by atoms with Crippen molar-refractivity contribution in [2.75, 3.05) is 37.7 Å². The average molecular weight is 495 g/mol. The molecule has 11 heteroatoms. The number of hydrogen-bond donors (Lipinski definition) is 0. The molecule has 1 aliphatic rings. The van der Waals surface area contributed by atoms with E-state index in [0.717, 1.165) is 0 Å². The number of pyridine rings is 1. The molecule has 0 spiro atoms. The van der Waals surface area contributed by atoms with Crippen LogP contribution >= 0.6 is 34.8 Å². The first-order chi connectivity index (χ1) is 15.4. The third kappa shape index (κ3) is 4.57. The lowest BCUT2D eigenvalue weighted by Crippen LogP contribution is -2.49. The lowest BCUT2D eigenvalue weighted by atomic mass is 10.2. The summed E-state index contributed by atoms with van der Waals surface area (Å²) in [4.78, 5) is 42.0. The van der Waals surface area contributed by atoms with Gasteiger partial charge in [-0.1, -0.05) is 34.8 Å². The Kier molecular flexibility index (Phi) is 6.64. The van der Waals surface area contributed by atoms with Gasteiger partial charge in [0, 0.05) is 32.4 Å². The highest BCUT2D eigenvalue weighted by atomic mass is 35.5. The third-order valence-electron chi connectivity index (χ3n) is 5.00. The summed E-state index contributed by atoms with van der Waals surface area (Å²) in [5.41, 5.74) is 1.51. The van der Waals surface area contributed by atoms with Gasteiger partial charge in [0.1, 0.15) is 5.15 Å². The number of fused-ring (bicyclic) bond motifs is 1. The zero-order chi connectivity index (χ0) is 22.8. The van der Waals surface area contributed by atoms with Crippen LogP contribution in [0.2, 0.25) is 15.2 Å². The highest BCUT2D eigenvalue weighted by Gasteiger charge is 2.28. The van der Waals surface area contributed by atoms with Crippen molar-refractivity contribution in [3.8, 4) is 0 Å². The molecule has 0 atom stereocenters. The van der Waals surface area contributed by atoms with E-state index >= 15 is 0 Å². The molecule has 0 aliphatic carbocycles. The van der Waals surface area contributed by atoms with E-state index in [1.54, 1.807) is 36.1 Å². The minimum absolute atomic E-state index is 0.0967. The topological polar surface area (TPSA) is 88.5 Å². The fraction of sp³-hybridized carbons (Fsp3) is 0.286. The number of esters is 1. The quantitative estimate of drug-likeness (QED) is 0.398. The Morgan fingerprint density at radius 2 is 1.66 bits per heavy atom. The molecule has 0 unspecified atom stereocenters. The van der Waals surface area contributed by atoms with Crippen molar-refractivity contribution < 1.29 is 14.3 Å². The SMILES string of the molecule is CCOC(=O)c1nc2cc(Cl)c(Cl)cc2nc1N1CCN(C(=O)c2ccc(Cl)nc2)CC1. The molecule has 0 saturated carbocycles. The number of nitrogens with zero attached hydrogens (tertiary/aromatic N) is 5. The molecule has 1 saturated heterocycles. The predicted molar refractivity (Wildman–Crippen MR) is 123 cm³/mol. The summed E-state index contributed by atoms with van der Waals surface area (Å²) in [5.74, 6) is -0.325.